The Kier molecular flexibility index (Phi) is 4.29. The fourth-order valence-electron chi connectivity index (χ4n) is 2.23. The first kappa shape index (κ1) is 15.9. The van der Waals surface area contributed by atoms with Gasteiger partial charge < -0.3 is 9.52 Å². The number of carboxylic acids is 1. The van der Waals surface area contributed by atoms with Crippen LogP contribution in [0.3, 0.4) is 0 Å². The summed E-state index contributed by atoms with van der Waals surface area (Å²) in [5.74, 6) is 0.579. The molecule has 0 unspecified atom stereocenters. The Morgan fingerprint density at radius 2 is 2.22 bits per heavy atom. The molecule has 2 aromatic rings. The second-order valence-corrected chi connectivity index (χ2v) is 6.44. The summed E-state index contributed by atoms with van der Waals surface area (Å²) in [7, 11) is 0. The molecule has 0 spiro atoms. The van der Waals surface area contributed by atoms with Crippen molar-refractivity contribution >= 4 is 35.0 Å². The van der Waals surface area contributed by atoms with Crippen molar-refractivity contribution in [1.29, 1.82) is 0 Å². The Labute approximate surface area is 139 Å². The Bertz CT molecular complexity index is 778. The molecule has 9 heteroatoms. The molecule has 1 aliphatic rings. The molecule has 1 saturated heterocycles. The first-order chi connectivity index (χ1) is 11.0. The highest BCUT2D eigenvalue weighted by molar-refractivity contribution is 7.99. The summed E-state index contributed by atoms with van der Waals surface area (Å²) >= 11 is 7.23. The Balaban J connectivity index is 1.84. The molecule has 0 amide bonds. The number of rotatable bonds is 4. The third kappa shape index (κ3) is 3.19. The van der Waals surface area contributed by atoms with Crippen molar-refractivity contribution in [3.8, 4) is 11.3 Å². The lowest BCUT2D eigenvalue weighted by Crippen LogP contribution is -2.33. The molecule has 0 aliphatic carbocycles. The highest BCUT2D eigenvalue weighted by atomic mass is 35.5. The van der Waals surface area contributed by atoms with E-state index in [1.807, 2.05) is 0 Å². The van der Waals surface area contributed by atoms with Gasteiger partial charge in [-0.05, 0) is 24.3 Å². The highest BCUT2D eigenvalue weighted by Crippen LogP contribution is 2.37. The first-order valence-electron chi connectivity index (χ1n) is 6.60. The minimum atomic E-state index is -0.903. The van der Waals surface area contributed by atoms with E-state index in [1.54, 1.807) is 18.2 Å². The Morgan fingerprint density at radius 1 is 1.43 bits per heavy atom. The zero-order valence-corrected chi connectivity index (χ0v) is 13.1. The number of halogens is 1. The number of benzene rings is 1. The standard InChI is InChI=1S/C14H11ClN2O5S/c15-8-2-1-7(5-10(8)17(20)21)11-3-4-12(22-11)13-16-9(6-23-13)14(18)19/h1-5,9,13,16H,6H2,(H,18,19)/t9-,13-/m0/s1. The van der Waals surface area contributed by atoms with Gasteiger partial charge in [-0.3, -0.25) is 20.2 Å². The van der Waals surface area contributed by atoms with Gasteiger partial charge in [-0.25, -0.2) is 0 Å². The molecule has 2 N–H and O–H groups in total. The number of nitrogens with zero attached hydrogens (tertiary/aromatic N) is 1. The average Bonchev–Trinajstić information content (AvgIpc) is 3.16. The van der Waals surface area contributed by atoms with E-state index in [9.17, 15) is 14.9 Å². The SMILES string of the molecule is O=C(O)[C@@H]1CS[C@@H](c2ccc(-c3ccc(Cl)c([N+](=O)[O-])c3)o2)N1. The van der Waals surface area contributed by atoms with Crippen LogP contribution in [0.2, 0.25) is 5.02 Å². The van der Waals surface area contributed by atoms with Crippen LogP contribution < -0.4 is 5.32 Å². The van der Waals surface area contributed by atoms with Gasteiger partial charge in [-0.15, -0.1) is 11.8 Å². The molecule has 120 valence electrons. The topological polar surface area (TPSA) is 106 Å². The van der Waals surface area contributed by atoms with E-state index < -0.39 is 16.9 Å². The van der Waals surface area contributed by atoms with Gasteiger partial charge in [-0.2, -0.15) is 0 Å². The molecule has 23 heavy (non-hydrogen) atoms. The maximum absolute atomic E-state index is 11.0. The maximum Gasteiger partial charge on any atom is 0.321 e. The number of nitro groups is 1. The molecule has 3 rings (SSSR count). The Hall–Kier alpha value is -2.03. The summed E-state index contributed by atoms with van der Waals surface area (Å²) in [6.45, 7) is 0. The van der Waals surface area contributed by atoms with Gasteiger partial charge in [-0.1, -0.05) is 11.6 Å². The molecule has 0 radical (unpaired) electrons. The van der Waals surface area contributed by atoms with Crippen LogP contribution in [0.1, 0.15) is 11.1 Å². The summed E-state index contributed by atoms with van der Waals surface area (Å²) < 4.78 is 5.71. The van der Waals surface area contributed by atoms with Crippen LogP contribution in [0.25, 0.3) is 11.3 Å². The largest absolute Gasteiger partial charge is 0.480 e. The predicted octanol–water partition coefficient (Wildman–Crippen LogP) is 3.30. The van der Waals surface area contributed by atoms with E-state index in [4.69, 9.17) is 21.1 Å². The van der Waals surface area contributed by atoms with Crippen molar-refractivity contribution in [2.75, 3.05) is 5.75 Å². The quantitative estimate of drug-likeness (QED) is 0.641. The van der Waals surface area contributed by atoms with Gasteiger partial charge in [0.2, 0.25) is 0 Å². The third-order valence-corrected chi connectivity index (χ3v) is 4.94. The number of carbonyl (C=O) groups is 1. The zero-order chi connectivity index (χ0) is 16.6. The first-order valence-corrected chi connectivity index (χ1v) is 8.03. The molecular weight excluding hydrogens is 344 g/mol. The number of hydrogen-bond acceptors (Lipinski definition) is 6. The van der Waals surface area contributed by atoms with Crippen LogP contribution in [0.5, 0.6) is 0 Å². The average molecular weight is 355 g/mol. The minimum absolute atomic E-state index is 0.0582. The van der Waals surface area contributed by atoms with Crippen LogP contribution in [0.4, 0.5) is 5.69 Å². The maximum atomic E-state index is 11.0. The fourth-order valence-corrected chi connectivity index (χ4v) is 3.59. The van der Waals surface area contributed by atoms with Gasteiger partial charge in [0.05, 0.1) is 4.92 Å². The van der Waals surface area contributed by atoms with Crippen molar-refractivity contribution in [2.45, 2.75) is 11.4 Å². The lowest BCUT2D eigenvalue weighted by molar-refractivity contribution is -0.384. The van der Waals surface area contributed by atoms with E-state index in [-0.39, 0.29) is 16.1 Å². The lowest BCUT2D eigenvalue weighted by Gasteiger charge is -2.07. The second kappa shape index (κ2) is 6.23. The van der Waals surface area contributed by atoms with Crippen molar-refractivity contribution in [2.24, 2.45) is 0 Å². The van der Waals surface area contributed by atoms with E-state index >= 15 is 0 Å². The lowest BCUT2D eigenvalue weighted by atomic mass is 10.1. The van der Waals surface area contributed by atoms with Gasteiger partial charge in [0, 0.05) is 17.4 Å². The van der Waals surface area contributed by atoms with E-state index in [2.05, 4.69) is 5.32 Å². The highest BCUT2D eigenvalue weighted by Gasteiger charge is 2.32. The summed E-state index contributed by atoms with van der Waals surface area (Å²) in [6.07, 6.45) is 0. The number of hydrogen-bond donors (Lipinski definition) is 2. The third-order valence-electron chi connectivity index (χ3n) is 3.39. The smallest absolute Gasteiger partial charge is 0.321 e. The van der Waals surface area contributed by atoms with Crippen molar-refractivity contribution in [1.82, 2.24) is 5.32 Å². The van der Waals surface area contributed by atoms with Crippen molar-refractivity contribution < 1.29 is 19.2 Å². The van der Waals surface area contributed by atoms with Gasteiger partial charge in [0.15, 0.2) is 0 Å². The van der Waals surface area contributed by atoms with Crippen LogP contribution >= 0.6 is 23.4 Å². The molecule has 0 bridgehead atoms. The monoisotopic (exact) mass is 354 g/mol. The molecule has 2 atom stereocenters. The number of carboxylic acid groups (broad SMARTS) is 1. The Morgan fingerprint density at radius 3 is 2.87 bits per heavy atom. The molecule has 7 nitrogen and oxygen atoms in total. The van der Waals surface area contributed by atoms with E-state index in [0.717, 1.165) is 0 Å². The van der Waals surface area contributed by atoms with Crippen molar-refractivity contribution in [3.63, 3.8) is 0 Å². The van der Waals surface area contributed by atoms with Crippen LogP contribution in [-0.4, -0.2) is 27.8 Å². The minimum Gasteiger partial charge on any atom is -0.480 e. The van der Waals surface area contributed by atoms with Crippen LogP contribution in [-0.2, 0) is 4.79 Å². The molecule has 1 aliphatic heterocycles. The summed E-state index contributed by atoms with van der Waals surface area (Å²) in [4.78, 5) is 21.3. The predicted molar refractivity (Wildman–Crippen MR) is 85.6 cm³/mol. The summed E-state index contributed by atoms with van der Waals surface area (Å²) in [6, 6.07) is 7.23. The number of thioether (sulfide) groups is 1. The molecule has 1 aromatic carbocycles. The molecule has 1 aromatic heterocycles. The van der Waals surface area contributed by atoms with E-state index in [0.29, 0.717) is 22.8 Å². The number of furan rings is 1. The van der Waals surface area contributed by atoms with Crippen LogP contribution in [0.15, 0.2) is 34.7 Å². The number of nitrogens with one attached hydrogen (secondary N) is 1. The summed E-state index contributed by atoms with van der Waals surface area (Å²) in [5.41, 5.74) is 0.339. The normalized spacial score (nSPS) is 20.6. The van der Waals surface area contributed by atoms with E-state index in [1.165, 1.54) is 23.9 Å². The molecular formula is C14H11ClN2O5S. The van der Waals surface area contributed by atoms with Gasteiger partial charge >= 0.3 is 5.97 Å². The number of aliphatic carboxylic acids is 1. The van der Waals surface area contributed by atoms with Crippen LogP contribution in [0, 0.1) is 10.1 Å². The molecule has 2 heterocycles. The van der Waals surface area contributed by atoms with Gasteiger partial charge in [0.25, 0.3) is 5.69 Å². The number of nitro benzene ring substituents is 1. The fraction of sp³-hybridized carbons (Fsp3) is 0.214. The van der Waals surface area contributed by atoms with Gasteiger partial charge in [0.1, 0.15) is 28.0 Å². The molecule has 0 saturated carbocycles. The summed E-state index contributed by atoms with van der Waals surface area (Å²) in [5, 5.41) is 22.7. The molecule has 1 fully saturated rings. The second-order valence-electron chi connectivity index (χ2n) is 4.90. The zero-order valence-electron chi connectivity index (χ0n) is 11.6. The van der Waals surface area contributed by atoms with Crippen molar-refractivity contribution in [3.05, 3.63) is 51.2 Å².